The normalized spacial score (nSPS) is 20.4. The molecule has 0 aromatic carbocycles. The highest BCUT2D eigenvalue weighted by Crippen LogP contribution is 2.30. The van der Waals surface area contributed by atoms with E-state index in [2.05, 4.69) is 15.2 Å². The molecule has 3 rings (SSSR count). The van der Waals surface area contributed by atoms with Crippen molar-refractivity contribution in [2.45, 2.75) is 31.7 Å². The van der Waals surface area contributed by atoms with Crippen molar-refractivity contribution in [2.24, 2.45) is 5.92 Å². The van der Waals surface area contributed by atoms with Crippen LogP contribution in [-0.4, -0.2) is 30.0 Å². The van der Waals surface area contributed by atoms with Crippen LogP contribution in [0.5, 0.6) is 0 Å². The van der Waals surface area contributed by atoms with E-state index in [1.54, 1.807) is 12.4 Å². The first-order chi connectivity index (χ1) is 9.24. The van der Waals surface area contributed by atoms with Gasteiger partial charge in [0.1, 0.15) is 0 Å². The molecule has 0 radical (unpaired) electrons. The molecule has 0 atom stereocenters. The third-order valence-corrected chi connectivity index (χ3v) is 4.17. The zero-order chi connectivity index (χ0) is 13.2. The molecule has 19 heavy (non-hydrogen) atoms. The Hall–Kier alpha value is -1.29. The van der Waals surface area contributed by atoms with Crippen LogP contribution in [0.15, 0.2) is 18.5 Å². The molecular formula is C14H18ClN3O. The average molecular weight is 280 g/mol. The maximum atomic E-state index is 11.7. The van der Waals surface area contributed by atoms with Crippen molar-refractivity contribution < 1.29 is 4.79 Å². The van der Waals surface area contributed by atoms with Crippen LogP contribution in [0.4, 0.5) is 5.69 Å². The number of nitrogens with one attached hydrogen (secondary N) is 1. The van der Waals surface area contributed by atoms with Crippen molar-refractivity contribution in [2.75, 3.05) is 18.0 Å². The number of carbonyl (C=O) groups excluding carboxylic acids is 1. The molecule has 1 aliphatic carbocycles. The summed E-state index contributed by atoms with van der Waals surface area (Å²) < 4.78 is 0. The first kappa shape index (κ1) is 12.7. The fourth-order valence-corrected chi connectivity index (χ4v) is 2.79. The quantitative estimate of drug-likeness (QED) is 0.923. The molecule has 1 aliphatic heterocycles. The molecular weight excluding hydrogens is 262 g/mol. The van der Waals surface area contributed by atoms with Gasteiger partial charge in [-0.25, -0.2) is 0 Å². The molecule has 1 amide bonds. The number of pyridine rings is 1. The van der Waals surface area contributed by atoms with E-state index in [0.717, 1.165) is 44.5 Å². The van der Waals surface area contributed by atoms with Gasteiger partial charge in [0, 0.05) is 37.4 Å². The Morgan fingerprint density at radius 2 is 2.05 bits per heavy atom. The van der Waals surface area contributed by atoms with Gasteiger partial charge in [0.05, 0.1) is 10.7 Å². The van der Waals surface area contributed by atoms with Gasteiger partial charge in [0.2, 0.25) is 5.91 Å². The van der Waals surface area contributed by atoms with Crippen LogP contribution >= 0.6 is 11.6 Å². The van der Waals surface area contributed by atoms with Gasteiger partial charge in [-0.15, -0.1) is 0 Å². The predicted octanol–water partition coefficient (Wildman–Crippen LogP) is 2.23. The SMILES string of the molecule is O=C(NC1CCN(c2ccncc2Cl)CC1)C1CC1. The molecule has 1 aromatic rings. The molecule has 1 N–H and O–H groups in total. The van der Waals surface area contributed by atoms with Crippen molar-refractivity contribution in [3.05, 3.63) is 23.5 Å². The lowest BCUT2D eigenvalue weighted by Gasteiger charge is -2.34. The highest BCUT2D eigenvalue weighted by Gasteiger charge is 2.31. The van der Waals surface area contributed by atoms with Gasteiger partial charge < -0.3 is 10.2 Å². The number of nitrogens with zero attached hydrogens (tertiary/aromatic N) is 2. The maximum Gasteiger partial charge on any atom is 0.223 e. The Morgan fingerprint density at radius 3 is 2.68 bits per heavy atom. The van der Waals surface area contributed by atoms with E-state index in [0.29, 0.717) is 17.0 Å². The number of amides is 1. The molecule has 2 fully saturated rings. The number of piperidine rings is 1. The average Bonchev–Trinajstić information content (AvgIpc) is 3.25. The smallest absolute Gasteiger partial charge is 0.223 e. The summed E-state index contributed by atoms with van der Waals surface area (Å²) in [4.78, 5) is 18.0. The molecule has 0 unspecified atom stereocenters. The highest BCUT2D eigenvalue weighted by atomic mass is 35.5. The summed E-state index contributed by atoms with van der Waals surface area (Å²) >= 11 is 6.15. The number of halogens is 1. The van der Waals surface area contributed by atoms with Gasteiger partial charge in [-0.3, -0.25) is 9.78 Å². The van der Waals surface area contributed by atoms with Gasteiger partial charge in [0.15, 0.2) is 0 Å². The van der Waals surface area contributed by atoms with Gasteiger partial charge >= 0.3 is 0 Å². The van der Waals surface area contributed by atoms with Crippen LogP contribution in [0.3, 0.4) is 0 Å². The van der Waals surface area contributed by atoms with E-state index in [9.17, 15) is 4.79 Å². The van der Waals surface area contributed by atoms with Crippen LogP contribution in [-0.2, 0) is 4.79 Å². The van der Waals surface area contributed by atoms with Crippen LogP contribution < -0.4 is 10.2 Å². The number of carbonyl (C=O) groups is 1. The zero-order valence-electron chi connectivity index (χ0n) is 10.8. The molecule has 2 heterocycles. The Kier molecular flexibility index (Phi) is 3.60. The van der Waals surface area contributed by atoms with Crippen LogP contribution in [0.2, 0.25) is 5.02 Å². The molecule has 1 aromatic heterocycles. The number of anilines is 1. The Morgan fingerprint density at radius 1 is 1.32 bits per heavy atom. The van der Waals surface area contributed by atoms with E-state index in [-0.39, 0.29) is 5.91 Å². The lowest BCUT2D eigenvalue weighted by Crippen LogP contribution is -2.45. The third-order valence-electron chi connectivity index (χ3n) is 3.88. The van der Waals surface area contributed by atoms with Crippen molar-refractivity contribution in [3.63, 3.8) is 0 Å². The molecule has 0 bridgehead atoms. The molecule has 102 valence electrons. The monoisotopic (exact) mass is 279 g/mol. The highest BCUT2D eigenvalue weighted by molar-refractivity contribution is 6.33. The summed E-state index contributed by atoms with van der Waals surface area (Å²) in [5.74, 6) is 0.549. The Balaban J connectivity index is 1.54. The van der Waals surface area contributed by atoms with E-state index < -0.39 is 0 Å². The summed E-state index contributed by atoms with van der Waals surface area (Å²) in [7, 11) is 0. The van der Waals surface area contributed by atoms with Crippen molar-refractivity contribution in [1.29, 1.82) is 0 Å². The second-order valence-corrected chi connectivity index (χ2v) is 5.78. The van der Waals surface area contributed by atoms with Crippen molar-refractivity contribution >= 4 is 23.2 Å². The summed E-state index contributed by atoms with van der Waals surface area (Å²) in [6, 6.07) is 2.27. The zero-order valence-corrected chi connectivity index (χ0v) is 11.6. The Labute approximate surface area is 118 Å². The number of aromatic nitrogens is 1. The van der Waals surface area contributed by atoms with E-state index in [4.69, 9.17) is 11.6 Å². The number of hydrogen-bond donors (Lipinski definition) is 1. The summed E-state index contributed by atoms with van der Waals surface area (Å²) in [6.45, 7) is 1.86. The van der Waals surface area contributed by atoms with Gasteiger partial charge in [-0.1, -0.05) is 11.6 Å². The van der Waals surface area contributed by atoms with E-state index >= 15 is 0 Å². The molecule has 1 saturated heterocycles. The van der Waals surface area contributed by atoms with Gasteiger partial charge in [-0.05, 0) is 31.7 Å². The van der Waals surface area contributed by atoms with Crippen LogP contribution in [0.1, 0.15) is 25.7 Å². The minimum atomic E-state index is 0.250. The fourth-order valence-electron chi connectivity index (χ4n) is 2.55. The third kappa shape index (κ3) is 3.00. The lowest BCUT2D eigenvalue weighted by molar-refractivity contribution is -0.123. The Bertz CT molecular complexity index is 468. The first-order valence-electron chi connectivity index (χ1n) is 6.89. The molecule has 1 saturated carbocycles. The minimum Gasteiger partial charge on any atom is -0.370 e. The topological polar surface area (TPSA) is 45.2 Å². The van der Waals surface area contributed by atoms with E-state index in [1.165, 1.54) is 0 Å². The molecule has 5 heteroatoms. The molecule has 4 nitrogen and oxygen atoms in total. The van der Waals surface area contributed by atoms with Crippen molar-refractivity contribution in [3.8, 4) is 0 Å². The number of hydrogen-bond acceptors (Lipinski definition) is 3. The molecule has 2 aliphatic rings. The van der Waals surface area contributed by atoms with Crippen molar-refractivity contribution in [1.82, 2.24) is 10.3 Å². The summed E-state index contributed by atoms with van der Waals surface area (Å²) in [5, 5.41) is 3.85. The van der Waals surface area contributed by atoms with E-state index in [1.807, 2.05) is 6.07 Å². The largest absolute Gasteiger partial charge is 0.370 e. The summed E-state index contributed by atoms with van der Waals surface area (Å²) in [6.07, 6.45) is 7.54. The number of rotatable bonds is 3. The second-order valence-electron chi connectivity index (χ2n) is 5.37. The van der Waals surface area contributed by atoms with Crippen LogP contribution in [0.25, 0.3) is 0 Å². The minimum absolute atomic E-state index is 0.250. The maximum absolute atomic E-state index is 11.7. The van der Waals surface area contributed by atoms with Gasteiger partial charge in [0.25, 0.3) is 0 Å². The standard InChI is InChI=1S/C14H18ClN3O/c15-12-9-16-6-3-13(12)18-7-4-11(5-8-18)17-14(19)10-1-2-10/h3,6,9-11H,1-2,4-5,7-8H2,(H,17,19). The van der Waals surface area contributed by atoms with Gasteiger partial charge in [-0.2, -0.15) is 0 Å². The first-order valence-corrected chi connectivity index (χ1v) is 7.26. The summed E-state index contributed by atoms with van der Waals surface area (Å²) in [5.41, 5.74) is 1.05. The fraction of sp³-hybridized carbons (Fsp3) is 0.571. The predicted molar refractivity (Wildman–Crippen MR) is 75.3 cm³/mol. The van der Waals surface area contributed by atoms with Crippen LogP contribution in [0, 0.1) is 5.92 Å². The molecule has 0 spiro atoms. The second kappa shape index (κ2) is 5.37. The lowest BCUT2D eigenvalue weighted by atomic mass is 10.0.